The van der Waals surface area contributed by atoms with E-state index in [1.807, 2.05) is 36.4 Å². The number of allylic oxidation sites excluding steroid dienone is 8. The fraction of sp³-hybridized carbons (Fsp3) is 0.356. The molecule has 69 heavy (non-hydrogen) atoms. The van der Waals surface area contributed by atoms with Crippen LogP contribution in [0.2, 0.25) is 0 Å². The van der Waals surface area contributed by atoms with Crippen LogP contribution in [0.3, 0.4) is 0 Å². The van der Waals surface area contributed by atoms with E-state index in [0.717, 1.165) is 61.8 Å². The van der Waals surface area contributed by atoms with Crippen LogP contribution < -0.4 is 19.7 Å². The van der Waals surface area contributed by atoms with Crippen molar-refractivity contribution in [1.29, 1.82) is 0 Å². The average molecular weight is 927 g/mol. The summed E-state index contributed by atoms with van der Waals surface area (Å²) in [6.07, 6.45) is 27.6. The van der Waals surface area contributed by atoms with Crippen LogP contribution in [0, 0.1) is 19.3 Å². The highest BCUT2D eigenvalue weighted by Crippen LogP contribution is 2.48. The van der Waals surface area contributed by atoms with Crippen molar-refractivity contribution in [3.05, 3.63) is 156 Å². The second-order valence-electron chi connectivity index (χ2n) is 18.6. The summed E-state index contributed by atoms with van der Waals surface area (Å²) in [5.41, 5.74) is 11.2. The number of fused-ring (bicyclic) bond motifs is 3. The Kier molecular flexibility index (Phi) is 16.9. The summed E-state index contributed by atoms with van der Waals surface area (Å²) >= 11 is 0. The molecular formula is C59H68N5O5+. The second-order valence-corrected chi connectivity index (χ2v) is 18.6. The van der Waals surface area contributed by atoms with Gasteiger partial charge in [-0.2, -0.15) is 4.58 Å². The number of nitrogens with one attached hydrogen (secondary N) is 1. The van der Waals surface area contributed by atoms with Crippen molar-refractivity contribution in [2.24, 2.45) is 0 Å². The summed E-state index contributed by atoms with van der Waals surface area (Å²) in [7, 11) is 1.62. The first kappa shape index (κ1) is 49.9. The Balaban J connectivity index is 0.919. The molecule has 0 unspecified atom stereocenters. The number of nitrogens with zero attached hydrogens (tertiary/aromatic N) is 4. The van der Waals surface area contributed by atoms with Crippen molar-refractivity contribution < 1.29 is 28.3 Å². The van der Waals surface area contributed by atoms with Gasteiger partial charge < -0.3 is 29.2 Å². The maximum absolute atomic E-state index is 12.9. The Labute approximate surface area is 409 Å². The lowest BCUT2D eigenvalue weighted by Gasteiger charge is -2.27. The zero-order valence-electron chi connectivity index (χ0n) is 41.5. The third-order valence-electron chi connectivity index (χ3n) is 12.9. The minimum Gasteiger partial charge on any atom is -0.487 e. The molecule has 0 fully saturated rings. The summed E-state index contributed by atoms with van der Waals surface area (Å²) in [5, 5.41) is 4.07. The number of benzene rings is 4. The van der Waals surface area contributed by atoms with Crippen LogP contribution in [0.5, 0.6) is 11.5 Å². The second kappa shape index (κ2) is 23.4. The number of methoxy groups -OCH3 is 1. The molecule has 7 rings (SSSR count). The maximum Gasteiger partial charge on any atom is 0.305 e. The Morgan fingerprint density at radius 1 is 0.812 bits per heavy atom. The number of carbonyl (C=O) groups is 1. The van der Waals surface area contributed by atoms with Crippen LogP contribution in [0.1, 0.15) is 95.4 Å². The van der Waals surface area contributed by atoms with E-state index in [2.05, 4.69) is 157 Å². The van der Waals surface area contributed by atoms with Crippen molar-refractivity contribution >= 4 is 45.5 Å². The highest BCUT2D eigenvalue weighted by Gasteiger charge is 2.44. The SMILES string of the molecule is C#Cc1cccc(Nc2ncnc3cc(OCCOC)c(OCCOC(=O)CCCCCN4C(=CC=CC=CC=CC5=[N+](CCCC)c6ccccc6C5(C)C)C(C)(C)c5cc(C)ccc54)cc23)c1. The summed E-state index contributed by atoms with van der Waals surface area (Å²) in [6, 6.07) is 26.8. The largest absolute Gasteiger partial charge is 0.487 e. The molecule has 2 aliphatic heterocycles. The molecule has 4 aromatic carbocycles. The number of esters is 1. The Morgan fingerprint density at radius 3 is 2.41 bits per heavy atom. The molecule has 10 heteroatoms. The van der Waals surface area contributed by atoms with E-state index in [1.165, 1.54) is 45.8 Å². The van der Waals surface area contributed by atoms with E-state index < -0.39 is 0 Å². The van der Waals surface area contributed by atoms with Gasteiger partial charge in [0.15, 0.2) is 17.2 Å². The predicted molar refractivity (Wildman–Crippen MR) is 281 cm³/mol. The highest BCUT2D eigenvalue weighted by atomic mass is 16.6. The van der Waals surface area contributed by atoms with Gasteiger partial charge in [0.2, 0.25) is 5.69 Å². The van der Waals surface area contributed by atoms with Crippen molar-refractivity contribution in [3.63, 3.8) is 0 Å². The zero-order valence-corrected chi connectivity index (χ0v) is 41.5. The van der Waals surface area contributed by atoms with Gasteiger partial charge in [0.1, 0.15) is 38.5 Å². The molecule has 10 nitrogen and oxygen atoms in total. The van der Waals surface area contributed by atoms with Crippen LogP contribution in [0.4, 0.5) is 22.9 Å². The van der Waals surface area contributed by atoms with Gasteiger partial charge in [-0.3, -0.25) is 4.79 Å². The molecule has 0 spiro atoms. The van der Waals surface area contributed by atoms with Gasteiger partial charge >= 0.3 is 5.97 Å². The maximum atomic E-state index is 12.9. The number of carbonyl (C=O) groups excluding carboxylic acids is 1. The molecular weight excluding hydrogens is 859 g/mol. The fourth-order valence-corrected chi connectivity index (χ4v) is 9.26. The summed E-state index contributed by atoms with van der Waals surface area (Å²) < 4.78 is 25.5. The van der Waals surface area contributed by atoms with Gasteiger partial charge in [0, 0.05) is 83.7 Å². The Hall–Kier alpha value is -6.96. The lowest BCUT2D eigenvalue weighted by atomic mass is 9.81. The van der Waals surface area contributed by atoms with Gasteiger partial charge in [-0.25, -0.2) is 9.97 Å². The molecule has 3 heterocycles. The van der Waals surface area contributed by atoms with Crippen molar-refractivity contribution in [1.82, 2.24) is 9.97 Å². The van der Waals surface area contributed by atoms with Crippen LogP contribution in [-0.2, 0) is 25.1 Å². The van der Waals surface area contributed by atoms with Gasteiger partial charge in [-0.05, 0) is 75.6 Å². The van der Waals surface area contributed by atoms with E-state index >= 15 is 0 Å². The third-order valence-corrected chi connectivity index (χ3v) is 12.9. The number of hydrogen-bond donors (Lipinski definition) is 1. The number of aromatic nitrogens is 2. The third kappa shape index (κ3) is 12.0. The zero-order chi connectivity index (χ0) is 48.8. The predicted octanol–water partition coefficient (Wildman–Crippen LogP) is 12.4. The quantitative estimate of drug-likeness (QED) is 0.0226. The molecule has 1 N–H and O–H groups in total. The smallest absolute Gasteiger partial charge is 0.305 e. The van der Waals surface area contributed by atoms with Gasteiger partial charge in [0.25, 0.3) is 0 Å². The summed E-state index contributed by atoms with van der Waals surface area (Å²) in [6.45, 7) is 16.5. The molecule has 0 atom stereocenters. The van der Waals surface area contributed by atoms with E-state index in [4.69, 9.17) is 25.4 Å². The molecule has 1 aromatic heterocycles. The highest BCUT2D eigenvalue weighted by molar-refractivity contribution is 6.03. The summed E-state index contributed by atoms with van der Waals surface area (Å²) in [5.74, 6) is 3.98. The molecule has 0 saturated heterocycles. The fourth-order valence-electron chi connectivity index (χ4n) is 9.26. The Morgan fingerprint density at radius 2 is 1.59 bits per heavy atom. The van der Waals surface area contributed by atoms with E-state index in [9.17, 15) is 4.79 Å². The van der Waals surface area contributed by atoms with E-state index in [1.54, 1.807) is 7.11 Å². The number of para-hydroxylation sites is 1. The normalized spacial score (nSPS) is 15.4. The van der Waals surface area contributed by atoms with Crippen molar-refractivity contribution in [3.8, 4) is 23.8 Å². The molecule has 0 bridgehead atoms. The first-order valence-corrected chi connectivity index (χ1v) is 24.3. The number of terminal acetylenes is 1. The Bertz CT molecular complexity index is 2810. The first-order chi connectivity index (χ1) is 33.5. The van der Waals surface area contributed by atoms with Crippen LogP contribution >= 0.6 is 0 Å². The number of rotatable bonds is 23. The van der Waals surface area contributed by atoms with Gasteiger partial charge in [-0.1, -0.05) is 112 Å². The van der Waals surface area contributed by atoms with Crippen LogP contribution in [-0.4, -0.2) is 72.9 Å². The van der Waals surface area contributed by atoms with Gasteiger partial charge in [-0.15, -0.1) is 6.42 Å². The lowest BCUT2D eigenvalue weighted by Crippen LogP contribution is -2.27. The minimum atomic E-state index is -0.246. The molecule has 358 valence electrons. The standard InChI is InChI=1S/C59H68N5O5/c1-9-11-32-63-50-26-20-19-25-47(50)58(4,5)54(63)27-16-13-12-14-17-28-55-59(6,7)48-38-43(3)30-31-51(48)64(55)33-21-15-18-29-56(65)69-37-36-68-52-40-46-49(41-53(52)67-35-34-66-8)60-42-61-57(46)62-45-24-22-23-44(10-2)39-45/h2,12-14,16-17,19-20,22-28,30-31,38-42H,9,11,15,18,21,29,32-37H2,1,3-8H3,(H,60,61,62)/q+1. The number of aryl methyl sites for hydroxylation is 1. The molecule has 0 radical (unpaired) electrons. The van der Waals surface area contributed by atoms with Crippen LogP contribution in [0.15, 0.2) is 133 Å². The monoisotopic (exact) mass is 927 g/mol. The minimum absolute atomic E-state index is 0.0513. The van der Waals surface area contributed by atoms with Gasteiger partial charge in [0.05, 0.1) is 17.5 Å². The summed E-state index contributed by atoms with van der Waals surface area (Å²) in [4.78, 5) is 24.3. The number of hydrogen-bond acceptors (Lipinski definition) is 9. The van der Waals surface area contributed by atoms with Crippen molar-refractivity contribution in [2.75, 3.05) is 56.8 Å². The molecule has 0 aliphatic carbocycles. The molecule has 0 amide bonds. The van der Waals surface area contributed by atoms with E-state index in [-0.39, 0.29) is 30.0 Å². The topological polar surface area (TPSA) is 98.1 Å². The number of anilines is 3. The first-order valence-electron chi connectivity index (χ1n) is 24.3. The molecule has 2 aliphatic rings. The molecule has 5 aromatic rings. The number of unbranched alkanes of at least 4 members (excludes halogenated alkanes) is 3. The van der Waals surface area contributed by atoms with Crippen molar-refractivity contribution in [2.45, 2.75) is 90.9 Å². The molecule has 0 saturated carbocycles. The number of ether oxygens (including phenoxy) is 4. The lowest BCUT2D eigenvalue weighted by molar-refractivity contribution is -0.438. The van der Waals surface area contributed by atoms with E-state index in [0.29, 0.717) is 42.5 Å². The van der Waals surface area contributed by atoms with Crippen LogP contribution in [0.25, 0.3) is 10.9 Å². The average Bonchev–Trinajstić information content (AvgIpc) is 3.69.